The van der Waals surface area contributed by atoms with Gasteiger partial charge in [0.2, 0.25) is 0 Å². The van der Waals surface area contributed by atoms with Gasteiger partial charge in [-0.1, -0.05) is 19.8 Å². The summed E-state index contributed by atoms with van der Waals surface area (Å²) in [7, 11) is 0. The lowest BCUT2D eigenvalue weighted by atomic mass is 10.1. The Hall–Kier alpha value is -0.120. The Morgan fingerprint density at radius 3 is 2.88 bits per heavy atom. The Balaban J connectivity index is 1.86. The van der Waals surface area contributed by atoms with Gasteiger partial charge in [0.15, 0.2) is 0 Å². The predicted molar refractivity (Wildman–Crippen MR) is 72.6 cm³/mol. The van der Waals surface area contributed by atoms with Gasteiger partial charge in [0.1, 0.15) is 11.1 Å². The fourth-order valence-electron chi connectivity index (χ4n) is 2.32. The minimum absolute atomic E-state index is 0.164. The molecule has 1 atom stereocenters. The highest BCUT2D eigenvalue weighted by atomic mass is 35.5. The van der Waals surface area contributed by atoms with Crippen molar-refractivity contribution in [1.82, 2.24) is 4.98 Å². The molecule has 1 saturated carbocycles. The number of halogens is 1. The van der Waals surface area contributed by atoms with Gasteiger partial charge in [-0.25, -0.2) is 4.98 Å². The second kappa shape index (κ2) is 6.72. The lowest BCUT2D eigenvalue weighted by Gasteiger charge is -2.16. The van der Waals surface area contributed by atoms with Gasteiger partial charge in [0.25, 0.3) is 0 Å². The summed E-state index contributed by atoms with van der Waals surface area (Å²) in [6, 6.07) is 0. The first-order valence-electron chi connectivity index (χ1n) is 6.45. The SMILES string of the molecule is CCC(OCC1CCCC1)c1nc(CCl)cs1. The van der Waals surface area contributed by atoms with Crippen molar-refractivity contribution >= 4 is 22.9 Å². The van der Waals surface area contributed by atoms with Crippen molar-refractivity contribution in [2.45, 2.75) is 51.0 Å². The Kier molecular flexibility index (Phi) is 5.26. The Labute approximate surface area is 112 Å². The molecule has 2 rings (SSSR count). The maximum absolute atomic E-state index is 6.02. The number of aromatic nitrogens is 1. The molecule has 0 saturated heterocycles. The third kappa shape index (κ3) is 3.67. The normalized spacial score (nSPS) is 18.7. The van der Waals surface area contributed by atoms with E-state index >= 15 is 0 Å². The number of hydrogen-bond acceptors (Lipinski definition) is 3. The molecular formula is C13H20ClNOS. The summed E-state index contributed by atoms with van der Waals surface area (Å²) in [6.07, 6.45) is 6.57. The van der Waals surface area contributed by atoms with Crippen molar-refractivity contribution in [2.24, 2.45) is 5.92 Å². The first kappa shape index (κ1) is 13.3. The molecule has 1 aromatic heterocycles. The zero-order chi connectivity index (χ0) is 12.1. The average molecular weight is 274 g/mol. The first-order valence-corrected chi connectivity index (χ1v) is 7.86. The van der Waals surface area contributed by atoms with Crippen LogP contribution in [0, 0.1) is 5.92 Å². The smallest absolute Gasteiger partial charge is 0.122 e. The Morgan fingerprint density at radius 1 is 1.53 bits per heavy atom. The number of rotatable bonds is 6. The van der Waals surface area contributed by atoms with E-state index in [0.717, 1.165) is 29.6 Å². The summed E-state index contributed by atoms with van der Waals surface area (Å²) in [5.74, 6) is 1.27. The fraction of sp³-hybridized carbons (Fsp3) is 0.769. The molecule has 4 heteroatoms. The van der Waals surface area contributed by atoms with Gasteiger partial charge in [0.05, 0.1) is 18.2 Å². The van der Waals surface area contributed by atoms with E-state index in [1.165, 1.54) is 25.7 Å². The molecule has 1 aromatic rings. The number of thiazole rings is 1. The van der Waals surface area contributed by atoms with E-state index in [0.29, 0.717) is 5.88 Å². The molecule has 1 aliphatic carbocycles. The minimum Gasteiger partial charge on any atom is -0.371 e. The second-order valence-corrected chi connectivity index (χ2v) is 5.85. The van der Waals surface area contributed by atoms with Crippen molar-refractivity contribution in [2.75, 3.05) is 6.61 Å². The van der Waals surface area contributed by atoms with E-state index in [1.807, 2.05) is 5.38 Å². The summed E-state index contributed by atoms with van der Waals surface area (Å²) < 4.78 is 6.02. The largest absolute Gasteiger partial charge is 0.371 e. The minimum atomic E-state index is 0.164. The molecule has 1 fully saturated rings. The monoisotopic (exact) mass is 273 g/mol. The summed E-state index contributed by atoms with van der Waals surface area (Å²) >= 11 is 7.44. The highest BCUT2D eigenvalue weighted by Gasteiger charge is 2.19. The lowest BCUT2D eigenvalue weighted by Crippen LogP contribution is -2.10. The van der Waals surface area contributed by atoms with Crippen LogP contribution in [-0.2, 0) is 10.6 Å². The third-order valence-corrected chi connectivity index (χ3v) is 4.62. The average Bonchev–Trinajstić information content (AvgIpc) is 3.00. The van der Waals surface area contributed by atoms with Crippen LogP contribution in [0.5, 0.6) is 0 Å². The van der Waals surface area contributed by atoms with Crippen LogP contribution in [0.2, 0.25) is 0 Å². The van der Waals surface area contributed by atoms with Gasteiger partial charge in [-0.2, -0.15) is 0 Å². The molecule has 0 bridgehead atoms. The predicted octanol–water partition coefficient (Wildman–Crippen LogP) is 4.54. The zero-order valence-corrected chi connectivity index (χ0v) is 11.9. The van der Waals surface area contributed by atoms with E-state index in [2.05, 4.69) is 11.9 Å². The van der Waals surface area contributed by atoms with E-state index in [9.17, 15) is 0 Å². The van der Waals surface area contributed by atoms with Crippen molar-refractivity contribution in [3.05, 3.63) is 16.1 Å². The van der Waals surface area contributed by atoms with Crippen LogP contribution in [0.25, 0.3) is 0 Å². The standard InChI is InChI=1S/C13H20ClNOS/c1-2-12(13-15-11(7-14)9-17-13)16-8-10-5-3-4-6-10/h9-10,12H,2-8H2,1H3. The molecule has 0 amide bonds. The molecule has 0 aromatic carbocycles. The van der Waals surface area contributed by atoms with Crippen molar-refractivity contribution < 1.29 is 4.74 Å². The van der Waals surface area contributed by atoms with Crippen LogP contribution in [-0.4, -0.2) is 11.6 Å². The van der Waals surface area contributed by atoms with Gasteiger partial charge in [-0.3, -0.25) is 0 Å². The van der Waals surface area contributed by atoms with Gasteiger partial charge in [0, 0.05) is 5.38 Å². The summed E-state index contributed by atoms with van der Waals surface area (Å²) in [4.78, 5) is 4.51. The van der Waals surface area contributed by atoms with Crippen LogP contribution < -0.4 is 0 Å². The molecule has 1 unspecified atom stereocenters. The topological polar surface area (TPSA) is 22.1 Å². The van der Waals surface area contributed by atoms with Crippen LogP contribution in [0.15, 0.2) is 5.38 Å². The summed E-state index contributed by atoms with van der Waals surface area (Å²) in [5.41, 5.74) is 0.967. The fourth-order valence-corrected chi connectivity index (χ4v) is 3.50. The molecule has 1 heterocycles. The molecule has 96 valence electrons. The van der Waals surface area contributed by atoms with E-state index in [4.69, 9.17) is 16.3 Å². The maximum atomic E-state index is 6.02. The van der Waals surface area contributed by atoms with Crippen molar-refractivity contribution in [3.8, 4) is 0 Å². The highest BCUT2D eigenvalue weighted by Crippen LogP contribution is 2.29. The number of hydrogen-bond donors (Lipinski definition) is 0. The van der Waals surface area contributed by atoms with Crippen LogP contribution in [0.4, 0.5) is 0 Å². The van der Waals surface area contributed by atoms with E-state index in [-0.39, 0.29) is 6.10 Å². The van der Waals surface area contributed by atoms with Gasteiger partial charge in [-0.15, -0.1) is 22.9 Å². The molecule has 0 aliphatic heterocycles. The van der Waals surface area contributed by atoms with E-state index < -0.39 is 0 Å². The van der Waals surface area contributed by atoms with Gasteiger partial charge < -0.3 is 4.74 Å². The summed E-state index contributed by atoms with van der Waals surface area (Å²) in [6.45, 7) is 3.05. The molecular weight excluding hydrogens is 254 g/mol. The van der Waals surface area contributed by atoms with Gasteiger partial charge >= 0.3 is 0 Å². The van der Waals surface area contributed by atoms with Crippen LogP contribution in [0.3, 0.4) is 0 Å². The lowest BCUT2D eigenvalue weighted by molar-refractivity contribution is 0.0268. The summed E-state index contributed by atoms with van der Waals surface area (Å²) in [5, 5.41) is 3.12. The van der Waals surface area contributed by atoms with Crippen LogP contribution in [0.1, 0.15) is 55.8 Å². The van der Waals surface area contributed by atoms with Gasteiger partial charge in [-0.05, 0) is 25.2 Å². The molecule has 0 radical (unpaired) electrons. The quantitative estimate of drug-likeness (QED) is 0.710. The van der Waals surface area contributed by atoms with Crippen molar-refractivity contribution in [3.63, 3.8) is 0 Å². The molecule has 2 nitrogen and oxygen atoms in total. The molecule has 17 heavy (non-hydrogen) atoms. The first-order chi connectivity index (χ1) is 8.33. The van der Waals surface area contributed by atoms with E-state index in [1.54, 1.807) is 11.3 Å². The number of alkyl halides is 1. The molecule has 1 aliphatic rings. The Morgan fingerprint density at radius 2 is 2.29 bits per heavy atom. The zero-order valence-electron chi connectivity index (χ0n) is 10.3. The number of ether oxygens (including phenoxy) is 1. The van der Waals surface area contributed by atoms with Crippen molar-refractivity contribution in [1.29, 1.82) is 0 Å². The second-order valence-electron chi connectivity index (χ2n) is 4.69. The third-order valence-electron chi connectivity index (χ3n) is 3.36. The van der Waals surface area contributed by atoms with Crippen LogP contribution >= 0.6 is 22.9 Å². The maximum Gasteiger partial charge on any atom is 0.122 e. The molecule has 0 N–H and O–H groups in total. The Bertz CT molecular complexity index is 336. The number of nitrogens with zero attached hydrogens (tertiary/aromatic N) is 1. The molecule has 0 spiro atoms. The highest BCUT2D eigenvalue weighted by molar-refractivity contribution is 7.09.